The SMILES string of the molecule is CC(C)C(NC(=O)OCCSSc1ccccn1)C(=O)NC(CCCNC(N)=O)C(=O)Nc1ccc(CO)cc1. The molecule has 0 aliphatic heterocycles. The fourth-order valence-electron chi connectivity index (χ4n) is 3.34. The van der Waals surface area contributed by atoms with Crippen molar-refractivity contribution >= 4 is 51.2 Å². The Kier molecular flexibility index (Phi) is 14.7. The third-order valence-corrected chi connectivity index (χ3v) is 7.64. The zero-order valence-corrected chi connectivity index (χ0v) is 24.1. The van der Waals surface area contributed by atoms with Crippen molar-refractivity contribution in [3.8, 4) is 0 Å². The van der Waals surface area contributed by atoms with Gasteiger partial charge in [0.15, 0.2) is 0 Å². The van der Waals surface area contributed by atoms with Crippen molar-refractivity contribution in [3.05, 3.63) is 54.2 Å². The van der Waals surface area contributed by atoms with E-state index in [1.807, 2.05) is 18.2 Å². The lowest BCUT2D eigenvalue weighted by Gasteiger charge is -2.25. The molecule has 40 heavy (non-hydrogen) atoms. The number of nitrogens with two attached hydrogens (primary N) is 1. The van der Waals surface area contributed by atoms with E-state index < -0.39 is 36.0 Å². The van der Waals surface area contributed by atoms with Crippen molar-refractivity contribution in [2.24, 2.45) is 11.7 Å². The van der Waals surface area contributed by atoms with Gasteiger partial charge < -0.3 is 36.8 Å². The first-order valence-electron chi connectivity index (χ1n) is 12.7. The Morgan fingerprint density at radius 2 is 1.80 bits per heavy atom. The first kappa shape index (κ1) is 32.7. The number of nitrogens with one attached hydrogen (secondary N) is 4. The number of primary amides is 1. The van der Waals surface area contributed by atoms with Crippen LogP contribution in [-0.2, 0) is 20.9 Å². The van der Waals surface area contributed by atoms with Gasteiger partial charge in [-0.25, -0.2) is 14.6 Å². The molecule has 7 N–H and O–H groups in total. The number of nitrogens with zero attached hydrogens (tertiary/aromatic N) is 1. The number of amides is 5. The van der Waals surface area contributed by atoms with E-state index in [0.717, 1.165) is 5.03 Å². The van der Waals surface area contributed by atoms with E-state index in [9.17, 15) is 24.3 Å². The van der Waals surface area contributed by atoms with E-state index in [1.165, 1.54) is 21.6 Å². The van der Waals surface area contributed by atoms with E-state index in [2.05, 4.69) is 26.3 Å². The highest BCUT2D eigenvalue weighted by atomic mass is 33.1. The lowest BCUT2D eigenvalue weighted by molar-refractivity contribution is -0.128. The predicted molar refractivity (Wildman–Crippen MR) is 155 cm³/mol. The fraction of sp³-hybridized carbons (Fsp3) is 0.423. The highest BCUT2D eigenvalue weighted by molar-refractivity contribution is 8.76. The van der Waals surface area contributed by atoms with E-state index >= 15 is 0 Å². The van der Waals surface area contributed by atoms with Crippen molar-refractivity contribution in [1.29, 1.82) is 0 Å². The maximum atomic E-state index is 13.2. The summed E-state index contributed by atoms with van der Waals surface area (Å²) in [4.78, 5) is 53.8. The molecule has 0 radical (unpaired) electrons. The molecule has 2 unspecified atom stereocenters. The largest absolute Gasteiger partial charge is 0.449 e. The molecule has 2 rings (SSSR count). The first-order chi connectivity index (χ1) is 19.2. The first-order valence-corrected chi connectivity index (χ1v) is 15.0. The number of carbonyl (C=O) groups is 4. The molecule has 0 fully saturated rings. The second-order valence-electron chi connectivity index (χ2n) is 8.91. The van der Waals surface area contributed by atoms with Gasteiger partial charge in [-0.2, -0.15) is 0 Å². The molecule has 0 aliphatic carbocycles. The number of rotatable bonds is 16. The normalized spacial score (nSPS) is 12.2. The molecule has 0 spiro atoms. The van der Waals surface area contributed by atoms with Crippen molar-refractivity contribution in [1.82, 2.24) is 20.9 Å². The van der Waals surface area contributed by atoms with Crippen LogP contribution < -0.4 is 27.0 Å². The molecular formula is C26H36N6O6S2. The molecule has 1 aromatic carbocycles. The van der Waals surface area contributed by atoms with Crippen LogP contribution in [0.15, 0.2) is 53.7 Å². The van der Waals surface area contributed by atoms with Crippen LogP contribution in [0.4, 0.5) is 15.3 Å². The van der Waals surface area contributed by atoms with Gasteiger partial charge in [0.25, 0.3) is 0 Å². The summed E-state index contributed by atoms with van der Waals surface area (Å²) in [5.74, 6) is -0.802. The van der Waals surface area contributed by atoms with Gasteiger partial charge in [0.2, 0.25) is 11.8 Å². The summed E-state index contributed by atoms with van der Waals surface area (Å²) >= 11 is 0. The van der Waals surface area contributed by atoms with Gasteiger partial charge >= 0.3 is 12.1 Å². The zero-order valence-electron chi connectivity index (χ0n) is 22.4. The quantitative estimate of drug-likeness (QED) is 0.126. The average Bonchev–Trinajstić information content (AvgIpc) is 2.93. The van der Waals surface area contributed by atoms with Gasteiger partial charge in [-0.15, -0.1) is 0 Å². The van der Waals surface area contributed by atoms with Crippen LogP contribution >= 0.6 is 21.6 Å². The molecule has 5 amide bonds. The maximum Gasteiger partial charge on any atom is 0.407 e. The second-order valence-corrected chi connectivity index (χ2v) is 11.3. The monoisotopic (exact) mass is 592 g/mol. The number of hydrogen-bond donors (Lipinski definition) is 6. The minimum atomic E-state index is -0.959. The van der Waals surface area contributed by atoms with Gasteiger partial charge in [0.1, 0.15) is 23.7 Å². The van der Waals surface area contributed by atoms with Gasteiger partial charge in [0, 0.05) is 24.2 Å². The number of aliphatic hydroxyl groups excluding tert-OH is 1. The van der Waals surface area contributed by atoms with Gasteiger partial charge in [-0.05, 0) is 59.4 Å². The van der Waals surface area contributed by atoms with Crippen LogP contribution in [0.3, 0.4) is 0 Å². The second kappa shape index (κ2) is 18.0. The predicted octanol–water partition coefficient (Wildman–Crippen LogP) is 2.64. The van der Waals surface area contributed by atoms with Crippen molar-refractivity contribution in [2.75, 3.05) is 24.2 Å². The van der Waals surface area contributed by atoms with Crippen LogP contribution in [0.2, 0.25) is 0 Å². The summed E-state index contributed by atoms with van der Waals surface area (Å²) in [6, 6.07) is 9.60. The third-order valence-electron chi connectivity index (χ3n) is 5.41. The van der Waals surface area contributed by atoms with Crippen molar-refractivity contribution in [3.63, 3.8) is 0 Å². The van der Waals surface area contributed by atoms with Gasteiger partial charge in [-0.1, -0.05) is 42.8 Å². The number of pyridine rings is 1. The molecule has 12 nitrogen and oxygen atoms in total. The Hall–Kier alpha value is -3.49. The lowest BCUT2D eigenvalue weighted by atomic mass is 10.0. The number of benzene rings is 1. The minimum absolute atomic E-state index is 0.130. The number of alkyl carbamates (subject to hydrolysis) is 1. The number of carbonyl (C=O) groups excluding carboxylic acids is 4. The number of anilines is 1. The average molecular weight is 593 g/mol. The smallest absolute Gasteiger partial charge is 0.407 e. The van der Waals surface area contributed by atoms with E-state index in [-0.39, 0.29) is 32.1 Å². The molecule has 0 aliphatic rings. The zero-order chi connectivity index (χ0) is 29.3. The van der Waals surface area contributed by atoms with Crippen molar-refractivity contribution < 1.29 is 29.0 Å². The van der Waals surface area contributed by atoms with Crippen molar-refractivity contribution in [2.45, 2.75) is 50.4 Å². The Labute approximate surface area is 241 Å². The number of hydrogen-bond acceptors (Lipinski definition) is 9. The fourth-order valence-corrected chi connectivity index (χ4v) is 5.05. The van der Waals surface area contributed by atoms with Crippen LogP contribution in [0.1, 0.15) is 32.3 Å². The van der Waals surface area contributed by atoms with Crippen LogP contribution in [0.25, 0.3) is 0 Å². The highest BCUT2D eigenvalue weighted by Gasteiger charge is 2.29. The summed E-state index contributed by atoms with van der Waals surface area (Å²) in [6.45, 7) is 3.75. The molecule has 218 valence electrons. The summed E-state index contributed by atoms with van der Waals surface area (Å²) < 4.78 is 5.23. The molecule has 2 aromatic rings. The maximum absolute atomic E-state index is 13.2. The molecule has 0 saturated carbocycles. The summed E-state index contributed by atoms with van der Waals surface area (Å²) in [5.41, 5.74) is 6.27. The van der Waals surface area contributed by atoms with E-state index in [4.69, 9.17) is 10.5 Å². The third kappa shape index (κ3) is 12.6. The molecule has 2 atom stereocenters. The number of aliphatic hydroxyl groups is 1. The molecule has 0 bridgehead atoms. The van der Waals surface area contributed by atoms with Gasteiger partial charge in [0.05, 0.1) is 6.61 Å². The van der Waals surface area contributed by atoms with Crippen LogP contribution in [0, 0.1) is 5.92 Å². The Morgan fingerprint density at radius 1 is 1.05 bits per heavy atom. The number of urea groups is 1. The Morgan fingerprint density at radius 3 is 2.42 bits per heavy atom. The van der Waals surface area contributed by atoms with Gasteiger partial charge in [-0.3, -0.25) is 9.59 Å². The summed E-state index contributed by atoms with van der Waals surface area (Å²) in [5, 5.41) is 20.5. The topological polar surface area (TPSA) is 185 Å². The molecule has 1 heterocycles. The Balaban J connectivity index is 1.92. The van der Waals surface area contributed by atoms with Crippen LogP contribution in [-0.4, -0.2) is 65.0 Å². The summed E-state index contributed by atoms with van der Waals surface area (Å²) in [7, 11) is 2.95. The number of aromatic nitrogens is 1. The minimum Gasteiger partial charge on any atom is -0.449 e. The molecular weight excluding hydrogens is 556 g/mol. The highest BCUT2D eigenvalue weighted by Crippen LogP contribution is 2.28. The molecule has 0 saturated heterocycles. The standard InChI is InChI=1S/C26H36N6O6S2/c1-17(2)22(32-26(37)38-14-15-39-40-21-7-3-4-12-28-21)24(35)31-20(6-5-13-29-25(27)36)23(34)30-19-10-8-18(16-33)9-11-19/h3-4,7-12,17,20,22,33H,5-6,13-16H2,1-2H3,(H,30,34)(H,31,35)(H,32,37)(H3,27,29,36). The van der Waals surface area contributed by atoms with Crippen LogP contribution in [0.5, 0.6) is 0 Å². The van der Waals surface area contributed by atoms with E-state index in [1.54, 1.807) is 44.3 Å². The van der Waals surface area contributed by atoms with E-state index in [0.29, 0.717) is 23.4 Å². The number of ether oxygens (including phenoxy) is 1. The summed E-state index contributed by atoms with van der Waals surface area (Å²) in [6.07, 6.45) is 1.52. The molecule has 1 aromatic heterocycles. The molecule has 14 heteroatoms. The lowest BCUT2D eigenvalue weighted by Crippen LogP contribution is -2.54. The Bertz CT molecular complexity index is 1090.